The van der Waals surface area contributed by atoms with Crippen LogP contribution in [-0.2, 0) is 0 Å². The van der Waals surface area contributed by atoms with Crippen LogP contribution >= 0.6 is 0 Å². The second kappa shape index (κ2) is 7.10. The largest absolute Gasteiger partial charge is 0.503 e. The number of hydrogen-bond acceptors (Lipinski definition) is 5. The Kier molecular flexibility index (Phi) is 4.70. The van der Waals surface area contributed by atoms with E-state index in [9.17, 15) is 14.7 Å². The lowest BCUT2D eigenvalue weighted by Crippen LogP contribution is -2.29. The average Bonchev–Trinajstić information content (AvgIpc) is 2.69. The number of ether oxygens (including phenoxy) is 1. The third-order valence-corrected chi connectivity index (χ3v) is 3.87. The molecule has 1 heterocycles. The zero-order chi connectivity index (χ0) is 18.7. The van der Waals surface area contributed by atoms with Crippen molar-refractivity contribution in [1.82, 2.24) is 15.1 Å². The maximum absolute atomic E-state index is 12.0. The molecule has 2 N–H and O–H groups in total. The lowest BCUT2D eigenvalue weighted by molar-refractivity contribution is 0.0954. The lowest BCUT2D eigenvalue weighted by atomic mass is 10.0. The van der Waals surface area contributed by atoms with Crippen molar-refractivity contribution >= 4 is 5.91 Å². The predicted octanol–water partition coefficient (Wildman–Crippen LogP) is 1.97. The minimum Gasteiger partial charge on any atom is -0.503 e. The number of carbonyl (C=O) groups excluding carboxylic acids is 1. The normalized spacial score (nSPS) is 10.4. The molecular weight excluding hydrogens is 334 g/mol. The van der Waals surface area contributed by atoms with Gasteiger partial charge in [0.2, 0.25) is 0 Å². The monoisotopic (exact) mass is 351 g/mol. The van der Waals surface area contributed by atoms with Gasteiger partial charge in [-0.2, -0.15) is 5.10 Å². The molecule has 0 saturated heterocycles. The van der Waals surface area contributed by atoms with E-state index in [2.05, 4.69) is 10.4 Å². The van der Waals surface area contributed by atoms with E-state index in [0.29, 0.717) is 11.4 Å². The van der Waals surface area contributed by atoms with Crippen LogP contribution in [0.4, 0.5) is 0 Å². The van der Waals surface area contributed by atoms with Crippen molar-refractivity contribution in [2.75, 3.05) is 14.2 Å². The highest BCUT2D eigenvalue weighted by atomic mass is 16.5. The Balaban J connectivity index is 2.21. The number of carbonyl (C=O) groups is 1. The molecule has 1 aromatic heterocycles. The van der Waals surface area contributed by atoms with E-state index in [-0.39, 0.29) is 5.69 Å². The molecule has 7 nitrogen and oxygen atoms in total. The molecule has 7 heteroatoms. The SMILES string of the molecule is CNC(=O)c1nn(-c2ccccc2-c2cccc(OC)c2)cc(O)c1=O. The van der Waals surface area contributed by atoms with E-state index >= 15 is 0 Å². The molecule has 0 atom stereocenters. The molecule has 0 unspecified atom stereocenters. The first-order valence-corrected chi connectivity index (χ1v) is 7.84. The molecule has 0 aliphatic rings. The summed E-state index contributed by atoms with van der Waals surface area (Å²) >= 11 is 0. The zero-order valence-electron chi connectivity index (χ0n) is 14.3. The van der Waals surface area contributed by atoms with Gasteiger partial charge in [-0.3, -0.25) is 9.59 Å². The Morgan fingerprint density at radius 2 is 1.96 bits per heavy atom. The molecule has 0 aliphatic carbocycles. The third-order valence-electron chi connectivity index (χ3n) is 3.87. The van der Waals surface area contributed by atoms with Crippen LogP contribution in [0.15, 0.2) is 59.5 Å². The van der Waals surface area contributed by atoms with Gasteiger partial charge in [0.25, 0.3) is 11.3 Å². The fraction of sp³-hybridized carbons (Fsp3) is 0.105. The molecule has 0 saturated carbocycles. The molecule has 0 radical (unpaired) electrons. The van der Waals surface area contributed by atoms with E-state index in [4.69, 9.17) is 4.74 Å². The summed E-state index contributed by atoms with van der Waals surface area (Å²) in [7, 11) is 2.98. The van der Waals surface area contributed by atoms with Gasteiger partial charge in [0.05, 0.1) is 19.0 Å². The number of rotatable bonds is 4. The highest BCUT2D eigenvalue weighted by Gasteiger charge is 2.17. The second-order valence-electron chi connectivity index (χ2n) is 5.46. The summed E-state index contributed by atoms with van der Waals surface area (Å²) in [5.41, 5.74) is 1.06. The standard InChI is InChI=1S/C19H17N3O4/c1-20-19(25)17-18(24)16(23)11-22(21-17)15-9-4-3-8-14(15)12-6-5-7-13(10-12)26-2/h3-11,23H,1-2H3,(H,20,25). The predicted molar refractivity (Wildman–Crippen MR) is 96.9 cm³/mol. The maximum atomic E-state index is 12.0. The summed E-state index contributed by atoms with van der Waals surface area (Å²) in [6.45, 7) is 0. The van der Waals surface area contributed by atoms with Gasteiger partial charge in [-0.15, -0.1) is 0 Å². The molecule has 3 aromatic rings. The van der Waals surface area contributed by atoms with Crippen LogP contribution in [0.5, 0.6) is 11.5 Å². The molecular formula is C19H17N3O4. The highest BCUT2D eigenvalue weighted by Crippen LogP contribution is 2.29. The number of aromatic hydroxyl groups is 1. The molecule has 2 aromatic carbocycles. The minimum absolute atomic E-state index is 0.382. The summed E-state index contributed by atoms with van der Waals surface area (Å²) in [6.07, 6.45) is 1.19. The minimum atomic E-state index is -0.820. The van der Waals surface area contributed by atoms with Crippen LogP contribution in [0.2, 0.25) is 0 Å². The Morgan fingerprint density at radius 1 is 1.19 bits per heavy atom. The van der Waals surface area contributed by atoms with Crippen LogP contribution < -0.4 is 15.5 Å². The topological polar surface area (TPSA) is 93.5 Å². The summed E-state index contributed by atoms with van der Waals surface area (Å²) in [5.74, 6) is -0.531. The van der Waals surface area contributed by atoms with Crippen molar-refractivity contribution in [3.8, 4) is 28.3 Å². The quantitative estimate of drug-likeness (QED) is 0.750. The Hall–Kier alpha value is -3.61. The van der Waals surface area contributed by atoms with Crippen molar-refractivity contribution in [3.63, 3.8) is 0 Å². The summed E-state index contributed by atoms with van der Waals surface area (Å²) in [5, 5.41) is 16.4. The highest BCUT2D eigenvalue weighted by molar-refractivity contribution is 5.92. The number of para-hydroxylation sites is 1. The molecule has 3 rings (SSSR count). The molecule has 0 fully saturated rings. The number of aromatic nitrogens is 2. The van der Waals surface area contributed by atoms with Gasteiger partial charge in [-0.25, -0.2) is 4.68 Å². The zero-order valence-corrected chi connectivity index (χ0v) is 14.3. The lowest BCUT2D eigenvalue weighted by Gasteiger charge is -2.13. The number of methoxy groups -OCH3 is 1. The van der Waals surface area contributed by atoms with E-state index in [1.807, 2.05) is 36.4 Å². The van der Waals surface area contributed by atoms with Crippen LogP contribution in [0.1, 0.15) is 10.5 Å². The fourth-order valence-corrected chi connectivity index (χ4v) is 2.58. The Bertz CT molecular complexity index is 1030. The molecule has 1 amide bonds. The maximum Gasteiger partial charge on any atom is 0.275 e. The first-order chi connectivity index (χ1) is 12.5. The average molecular weight is 351 g/mol. The van der Waals surface area contributed by atoms with Crippen molar-refractivity contribution < 1.29 is 14.6 Å². The van der Waals surface area contributed by atoms with E-state index in [0.717, 1.165) is 11.1 Å². The number of hydrogen-bond donors (Lipinski definition) is 2. The number of amides is 1. The van der Waals surface area contributed by atoms with Gasteiger partial charge in [-0.1, -0.05) is 30.3 Å². The van der Waals surface area contributed by atoms with Crippen molar-refractivity contribution in [3.05, 3.63) is 70.6 Å². The van der Waals surface area contributed by atoms with Crippen molar-refractivity contribution in [2.24, 2.45) is 0 Å². The molecule has 0 aliphatic heterocycles. The van der Waals surface area contributed by atoms with Gasteiger partial charge in [0.1, 0.15) is 5.75 Å². The molecule has 26 heavy (non-hydrogen) atoms. The summed E-state index contributed by atoms with van der Waals surface area (Å²) in [6, 6.07) is 14.8. The first kappa shape index (κ1) is 17.2. The van der Waals surface area contributed by atoms with Gasteiger partial charge >= 0.3 is 0 Å². The third kappa shape index (κ3) is 3.14. The summed E-state index contributed by atoms with van der Waals surface area (Å²) < 4.78 is 6.58. The second-order valence-corrected chi connectivity index (χ2v) is 5.46. The number of nitrogens with one attached hydrogen (secondary N) is 1. The Labute approximate surface area is 149 Å². The van der Waals surface area contributed by atoms with Gasteiger partial charge in [-0.05, 0) is 23.8 Å². The van der Waals surface area contributed by atoms with E-state index in [1.54, 1.807) is 19.2 Å². The van der Waals surface area contributed by atoms with Crippen LogP contribution in [0.25, 0.3) is 16.8 Å². The van der Waals surface area contributed by atoms with E-state index in [1.165, 1.54) is 17.9 Å². The van der Waals surface area contributed by atoms with Gasteiger partial charge in [0, 0.05) is 12.6 Å². The molecule has 132 valence electrons. The van der Waals surface area contributed by atoms with Crippen LogP contribution in [0.3, 0.4) is 0 Å². The van der Waals surface area contributed by atoms with Crippen LogP contribution in [0, 0.1) is 0 Å². The fourth-order valence-electron chi connectivity index (χ4n) is 2.58. The van der Waals surface area contributed by atoms with E-state index < -0.39 is 17.1 Å². The Morgan fingerprint density at radius 3 is 2.69 bits per heavy atom. The molecule has 0 spiro atoms. The number of benzene rings is 2. The summed E-state index contributed by atoms with van der Waals surface area (Å²) in [4.78, 5) is 23.9. The van der Waals surface area contributed by atoms with Gasteiger partial charge < -0.3 is 15.2 Å². The number of nitrogens with zero attached hydrogens (tertiary/aromatic N) is 2. The van der Waals surface area contributed by atoms with Gasteiger partial charge in [0.15, 0.2) is 11.4 Å². The van der Waals surface area contributed by atoms with Crippen molar-refractivity contribution in [2.45, 2.75) is 0 Å². The van der Waals surface area contributed by atoms with Crippen molar-refractivity contribution in [1.29, 1.82) is 0 Å². The van der Waals surface area contributed by atoms with Crippen LogP contribution in [-0.4, -0.2) is 35.0 Å². The smallest absolute Gasteiger partial charge is 0.275 e. The molecule has 0 bridgehead atoms. The first-order valence-electron chi connectivity index (χ1n) is 7.84.